The first-order chi connectivity index (χ1) is 19.1. The summed E-state index contributed by atoms with van der Waals surface area (Å²) in [6.07, 6.45) is 16.9. The van der Waals surface area contributed by atoms with Gasteiger partial charge in [0, 0.05) is 11.3 Å². The van der Waals surface area contributed by atoms with Crippen LogP contribution in [0.2, 0.25) is 0 Å². The zero-order valence-electron chi connectivity index (χ0n) is 23.3. The van der Waals surface area contributed by atoms with Crippen LogP contribution in [-0.2, 0) is 6.42 Å². The molecular formula is C38H37P. The maximum atomic E-state index is 2.71. The second-order valence-corrected chi connectivity index (χ2v) is 14.8. The molecule has 0 aliphatic heterocycles. The molecule has 4 aromatic carbocycles. The van der Waals surface area contributed by atoms with E-state index in [-0.39, 0.29) is 13.3 Å². The average Bonchev–Trinajstić information content (AvgIpc) is 2.97. The molecule has 194 valence electrons. The van der Waals surface area contributed by atoms with Crippen LogP contribution in [0.25, 0.3) is 32.7 Å². The van der Waals surface area contributed by atoms with Crippen LogP contribution in [0.3, 0.4) is 0 Å². The maximum absolute atomic E-state index is 2.71. The Labute approximate surface area is 234 Å². The Morgan fingerprint density at radius 1 is 0.846 bits per heavy atom. The zero-order chi connectivity index (χ0) is 26.6. The van der Waals surface area contributed by atoms with Crippen LogP contribution in [0.5, 0.6) is 0 Å². The predicted octanol–water partition coefficient (Wildman–Crippen LogP) is 10.4. The van der Waals surface area contributed by atoms with Gasteiger partial charge in [0.05, 0.1) is 0 Å². The van der Waals surface area contributed by atoms with E-state index in [9.17, 15) is 0 Å². The summed E-state index contributed by atoms with van der Waals surface area (Å²) in [4.78, 5) is 0. The van der Waals surface area contributed by atoms with Gasteiger partial charge in [0.25, 0.3) is 0 Å². The van der Waals surface area contributed by atoms with E-state index in [2.05, 4.69) is 130 Å². The number of benzene rings is 4. The highest BCUT2D eigenvalue weighted by Crippen LogP contribution is 2.58. The van der Waals surface area contributed by atoms with Crippen molar-refractivity contribution in [2.75, 3.05) is 12.8 Å². The van der Waals surface area contributed by atoms with E-state index in [1.54, 1.807) is 11.1 Å². The van der Waals surface area contributed by atoms with Crippen LogP contribution in [0.1, 0.15) is 43.4 Å². The van der Waals surface area contributed by atoms with Crippen molar-refractivity contribution >= 4 is 40.6 Å². The van der Waals surface area contributed by atoms with E-state index in [4.69, 9.17) is 0 Å². The Kier molecular flexibility index (Phi) is 6.21. The van der Waals surface area contributed by atoms with Gasteiger partial charge in [-0.05, 0) is 98.8 Å². The molecule has 4 atom stereocenters. The molecule has 39 heavy (non-hydrogen) atoms. The molecule has 4 aromatic rings. The quantitative estimate of drug-likeness (QED) is 0.184. The van der Waals surface area contributed by atoms with Gasteiger partial charge in [-0.2, -0.15) is 0 Å². The Morgan fingerprint density at radius 3 is 2.28 bits per heavy atom. The highest BCUT2D eigenvalue weighted by atomic mass is 31.1. The summed E-state index contributed by atoms with van der Waals surface area (Å²) in [5.74, 6) is 0.474. The fourth-order valence-electron chi connectivity index (χ4n) is 7.60. The summed E-state index contributed by atoms with van der Waals surface area (Å²) >= 11 is 0. The Morgan fingerprint density at radius 2 is 1.54 bits per heavy atom. The molecule has 0 saturated heterocycles. The van der Waals surface area contributed by atoms with Crippen LogP contribution in [-0.4, -0.2) is 18.5 Å². The van der Waals surface area contributed by atoms with E-state index in [1.165, 1.54) is 62.8 Å². The molecule has 0 amide bonds. The fraction of sp³-hybridized carbons (Fsp3) is 0.263. The number of fused-ring (bicyclic) bond motifs is 4. The average molecular weight is 525 g/mol. The second-order valence-electron chi connectivity index (χ2n) is 12.0. The lowest BCUT2D eigenvalue weighted by molar-refractivity contribution is 0.480. The van der Waals surface area contributed by atoms with E-state index >= 15 is 0 Å². The van der Waals surface area contributed by atoms with Gasteiger partial charge in [0.15, 0.2) is 0 Å². The molecule has 0 spiro atoms. The third-order valence-electron chi connectivity index (χ3n) is 9.54. The molecule has 0 aromatic heterocycles. The third kappa shape index (κ3) is 4.16. The van der Waals surface area contributed by atoms with Gasteiger partial charge in [-0.15, -0.1) is 7.92 Å². The summed E-state index contributed by atoms with van der Waals surface area (Å²) < 4.78 is 0. The van der Waals surface area contributed by atoms with Crippen LogP contribution >= 0.6 is 7.92 Å². The lowest BCUT2D eigenvalue weighted by atomic mass is 9.63. The Hall–Kier alpha value is -3.21. The van der Waals surface area contributed by atoms with Gasteiger partial charge >= 0.3 is 0 Å². The molecule has 0 fully saturated rings. The first kappa shape index (κ1) is 24.8. The van der Waals surface area contributed by atoms with E-state index in [1.807, 2.05) is 0 Å². The van der Waals surface area contributed by atoms with Crippen molar-refractivity contribution in [3.8, 4) is 0 Å². The van der Waals surface area contributed by atoms with Gasteiger partial charge in [-0.25, -0.2) is 0 Å². The molecule has 0 radical (unpaired) electrons. The number of hydrogen-bond acceptors (Lipinski definition) is 0. The number of allylic oxidation sites excluding steroid dienone is 8. The summed E-state index contributed by atoms with van der Waals surface area (Å²) in [5.41, 5.74) is 9.78. The number of hydrogen-bond donors (Lipinski definition) is 0. The monoisotopic (exact) mass is 524 g/mol. The van der Waals surface area contributed by atoms with Crippen LogP contribution in [0, 0.1) is 11.3 Å². The highest BCUT2D eigenvalue weighted by Gasteiger charge is 2.41. The fourth-order valence-corrected chi connectivity index (χ4v) is 9.32. The molecule has 1 heteroatoms. The van der Waals surface area contributed by atoms with Crippen molar-refractivity contribution in [2.24, 2.45) is 11.3 Å². The minimum absolute atomic E-state index is 0.0261. The highest BCUT2D eigenvalue weighted by molar-refractivity contribution is 7.57. The van der Waals surface area contributed by atoms with Crippen molar-refractivity contribution in [1.29, 1.82) is 0 Å². The van der Waals surface area contributed by atoms with Crippen LogP contribution in [0.15, 0.2) is 115 Å². The molecular weight excluding hydrogens is 487 g/mol. The molecule has 3 aliphatic rings. The van der Waals surface area contributed by atoms with Crippen molar-refractivity contribution in [1.82, 2.24) is 0 Å². The minimum atomic E-state index is -0.0613. The molecule has 0 nitrogen and oxygen atoms in total. The summed E-state index contributed by atoms with van der Waals surface area (Å²) in [6.45, 7) is 7.50. The molecule has 7 rings (SSSR count). The van der Waals surface area contributed by atoms with Crippen molar-refractivity contribution in [3.63, 3.8) is 0 Å². The van der Waals surface area contributed by atoms with Crippen LogP contribution < -0.4 is 0 Å². The standard InChI is InChI=1S/C38H37P/c1-4-39(3)31-23-30(36-32-17-9-5-13-26(32)21-27-14-6-10-18-33(27)36)24-38(2,25-31)37-34-19-11-7-15-28(34)22-29-16-8-12-20-35(29)37/h5-21,24,28,31H,4,22-23,25H2,1-3H3. The molecule has 3 aliphatic carbocycles. The van der Waals surface area contributed by atoms with E-state index in [0.29, 0.717) is 11.6 Å². The normalized spacial score (nSPS) is 24.9. The van der Waals surface area contributed by atoms with Gasteiger partial charge < -0.3 is 0 Å². The van der Waals surface area contributed by atoms with Crippen molar-refractivity contribution < 1.29 is 0 Å². The minimum Gasteiger partial charge on any atom is -0.107 e. The molecule has 0 heterocycles. The lowest BCUT2D eigenvalue weighted by Gasteiger charge is -2.44. The lowest BCUT2D eigenvalue weighted by Crippen LogP contribution is -2.31. The van der Waals surface area contributed by atoms with Gasteiger partial charge in [-0.3, -0.25) is 0 Å². The summed E-state index contributed by atoms with van der Waals surface area (Å²) in [7, 11) is -0.0613. The Bertz CT molecular complexity index is 1660. The first-order valence-electron chi connectivity index (χ1n) is 14.6. The first-order valence-corrected chi connectivity index (χ1v) is 16.6. The van der Waals surface area contributed by atoms with Crippen molar-refractivity contribution in [2.45, 2.75) is 38.8 Å². The largest absolute Gasteiger partial charge is 0.107 e. The predicted molar refractivity (Wildman–Crippen MR) is 173 cm³/mol. The van der Waals surface area contributed by atoms with Crippen molar-refractivity contribution in [3.05, 3.63) is 132 Å². The zero-order valence-corrected chi connectivity index (χ0v) is 24.2. The topological polar surface area (TPSA) is 0 Å². The summed E-state index contributed by atoms with van der Waals surface area (Å²) in [5, 5.41) is 5.47. The van der Waals surface area contributed by atoms with Crippen LogP contribution in [0.4, 0.5) is 0 Å². The van der Waals surface area contributed by atoms with Gasteiger partial charge in [-0.1, -0.05) is 117 Å². The Balaban J connectivity index is 1.52. The summed E-state index contributed by atoms with van der Waals surface area (Å²) in [6, 6.07) is 29.6. The van der Waals surface area contributed by atoms with Gasteiger partial charge in [0.1, 0.15) is 0 Å². The van der Waals surface area contributed by atoms with E-state index in [0.717, 1.165) is 6.42 Å². The maximum Gasteiger partial charge on any atom is 0.0125 e. The number of rotatable bonds is 4. The molecule has 4 unspecified atom stereocenters. The molecule has 0 N–H and O–H groups in total. The van der Waals surface area contributed by atoms with Gasteiger partial charge in [0.2, 0.25) is 0 Å². The third-order valence-corrected chi connectivity index (χ3v) is 12.1. The SMILES string of the molecule is CCP(C)C1CC(c2c3ccccc3cc3ccccc23)=CC(C)(C2=C3C=CC=CC3Cc3ccccc32)C1. The molecule has 0 bridgehead atoms. The second kappa shape index (κ2) is 9.76. The van der Waals surface area contributed by atoms with E-state index < -0.39 is 0 Å². The smallest absolute Gasteiger partial charge is 0.0125 e. The molecule has 0 saturated carbocycles.